The Morgan fingerprint density at radius 2 is 0.833 bits per heavy atom. The van der Waals surface area contributed by atoms with E-state index >= 15 is 4.57 Å². The maximum atomic E-state index is 15.5. The topological polar surface area (TPSA) is 17.1 Å². The average Bonchev–Trinajstić information content (AvgIpc) is 2.96. The van der Waals surface area contributed by atoms with E-state index < -0.39 is 7.14 Å². The van der Waals surface area contributed by atoms with Crippen LogP contribution in [0.3, 0.4) is 0 Å². The quantitative estimate of drug-likeness (QED) is 0.186. The smallest absolute Gasteiger partial charge is 0.171 e. The zero-order valence-corrected chi connectivity index (χ0v) is 20.5. The van der Waals surface area contributed by atoms with E-state index in [9.17, 15) is 0 Å². The Labute approximate surface area is 210 Å². The summed E-state index contributed by atoms with van der Waals surface area (Å²) in [4.78, 5) is 0. The summed E-state index contributed by atoms with van der Waals surface area (Å²) >= 11 is 0. The van der Waals surface area contributed by atoms with E-state index in [0.717, 1.165) is 32.1 Å². The van der Waals surface area contributed by atoms with Gasteiger partial charge in [0.25, 0.3) is 0 Å². The molecule has 0 aliphatic heterocycles. The van der Waals surface area contributed by atoms with Crippen LogP contribution in [0.4, 0.5) is 0 Å². The van der Waals surface area contributed by atoms with E-state index in [1.54, 1.807) is 0 Å². The van der Waals surface area contributed by atoms with Gasteiger partial charge in [-0.25, -0.2) is 0 Å². The highest BCUT2D eigenvalue weighted by Gasteiger charge is 2.32. The van der Waals surface area contributed by atoms with Gasteiger partial charge in [0.15, 0.2) is 7.14 Å². The van der Waals surface area contributed by atoms with Crippen LogP contribution in [0.15, 0.2) is 140 Å². The summed E-state index contributed by atoms with van der Waals surface area (Å²) in [7, 11) is -3.16. The molecule has 0 N–H and O–H groups in total. The van der Waals surface area contributed by atoms with Gasteiger partial charge in [-0.2, -0.15) is 0 Å². The van der Waals surface area contributed by atoms with Crippen molar-refractivity contribution < 1.29 is 4.57 Å². The first-order chi connectivity index (χ1) is 17.7. The fourth-order valence-electron chi connectivity index (χ4n) is 5.64. The normalized spacial score (nSPS) is 12.0. The van der Waals surface area contributed by atoms with Crippen LogP contribution in [-0.2, 0) is 4.57 Å². The van der Waals surface area contributed by atoms with Crippen molar-refractivity contribution in [2.75, 3.05) is 0 Å². The van der Waals surface area contributed by atoms with Crippen LogP contribution in [0.5, 0.6) is 0 Å². The molecule has 0 aliphatic carbocycles. The molecule has 36 heavy (non-hydrogen) atoms. The van der Waals surface area contributed by atoms with Crippen molar-refractivity contribution in [1.82, 2.24) is 0 Å². The summed E-state index contributed by atoms with van der Waals surface area (Å²) in [6.07, 6.45) is 0. The van der Waals surface area contributed by atoms with Crippen LogP contribution in [-0.4, -0.2) is 0 Å². The van der Waals surface area contributed by atoms with Gasteiger partial charge in [0.1, 0.15) is 0 Å². The Hall–Kier alpha value is -4.19. The Kier molecular flexibility index (Phi) is 4.81. The van der Waals surface area contributed by atoms with Gasteiger partial charge < -0.3 is 4.57 Å². The van der Waals surface area contributed by atoms with Gasteiger partial charge in [0.05, 0.1) is 0 Å². The minimum absolute atomic E-state index is 0.853. The van der Waals surface area contributed by atoms with Gasteiger partial charge in [-0.1, -0.05) is 140 Å². The second-order valence-corrected chi connectivity index (χ2v) is 12.0. The van der Waals surface area contributed by atoms with E-state index in [2.05, 4.69) is 72.8 Å². The fourth-order valence-corrected chi connectivity index (χ4v) is 8.53. The number of hydrogen-bond acceptors (Lipinski definition) is 1. The second kappa shape index (κ2) is 8.19. The van der Waals surface area contributed by atoms with Crippen molar-refractivity contribution >= 4 is 66.1 Å². The van der Waals surface area contributed by atoms with Crippen LogP contribution in [0, 0.1) is 0 Å². The number of hydrogen-bond donors (Lipinski definition) is 0. The molecular formula is C34H23OP. The lowest BCUT2D eigenvalue weighted by atomic mass is 9.93. The molecule has 0 aromatic heterocycles. The highest BCUT2D eigenvalue weighted by atomic mass is 31.2. The molecule has 0 aliphatic rings. The van der Waals surface area contributed by atoms with Crippen molar-refractivity contribution in [2.45, 2.75) is 0 Å². The van der Waals surface area contributed by atoms with Crippen LogP contribution >= 0.6 is 7.14 Å². The Balaban J connectivity index is 1.73. The van der Waals surface area contributed by atoms with Crippen LogP contribution in [0.25, 0.3) is 43.1 Å². The molecule has 7 aromatic carbocycles. The van der Waals surface area contributed by atoms with Gasteiger partial charge >= 0.3 is 0 Å². The van der Waals surface area contributed by atoms with E-state index in [-0.39, 0.29) is 0 Å². The summed E-state index contributed by atoms with van der Waals surface area (Å²) in [5, 5.41) is 11.9. The summed E-state index contributed by atoms with van der Waals surface area (Å²) < 4.78 is 15.5. The number of rotatable bonds is 3. The minimum Gasteiger partial charge on any atom is -0.309 e. The van der Waals surface area contributed by atoms with Gasteiger partial charge in [-0.05, 0) is 37.7 Å². The Morgan fingerprint density at radius 3 is 1.47 bits per heavy atom. The van der Waals surface area contributed by atoms with Crippen molar-refractivity contribution in [3.8, 4) is 0 Å². The molecule has 0 spiro atoms. The largest absolute Gasteiger partial charge is 0.309 e. The zero-order valence-electron chi connectivity index (χ0n) is 19.6. The third-order valence-electron chi connectivity index (χ3n) is 7.29. The van der Waals surface area contributed by atoms with Gasteiger partial charge in [0.2, 0.25) is 0 Å². The molecule has 0 saturated heterocycles. The Morgan fingerprint density at radius 1 is 0.361 bits per heavy atom. The van der Waals surface area contributed by atoms with Crippen molar-refractivity contribution in [2.24, 2.45) is 0 Å². The zero-order chi connectivity index (χ0) is 24.1. The van der Waals surface area contributed by atoms with Crippen LogP contribution in [0.1, 0.15) is 0 Å². The maximum absolute atomic E-state index is 15.5. The molecule has 170 valence electrons. The predicted molar refractivity (Wildman–Crippen MR) is 156 cm³/mol. The lowest BCUT2D eigenvalue weighted by Crippen LogP contribution is -2.25. The molecular weight excluding hydrogens is 455 g/mol. The highest BCUT2D eigenvalue weighted by Crippen LogP contribution is 2.46. The maximum Gasteiger partial charge on any atom is 0.171 e. The van der Waals surface area contributed by atoms with E-state index in [1.807, 2.05) is 66.7 Å². The summed E-state index contributed by atoms with van der Waals surface area (Å²) in [6.45, 7) is 0. The van der Waals surface area contributed by atoms with E-state index in [1.165, 1.54) is 26.9 Å². The first kappa shape index (κ1) is 21.1. The molecule has 0 heterocycles. The molecule has 0 fully saturated rings. The monoisotopic (exact) mass is 478 g/mol. The first-order valence-electron chi connectivity index (χ1n) is 12.2. The first-order valence-corrected chi connectivity index (χ1v) is 13.9. The number of benzene rings is 7. The molecule has 1 nitrogen and oxygen atoms in total. The lowest BCUT2D eigenvalue weighted by Gasteiger charge is -2.23. The third kappa shape index (κ3) is 3.07. The van der Waals surface area contributed by atoms with Crippen LogP contribution in [0.2, 0.25) is 0 Å². The molecule has 0 radical (unpaired) electrons. The van der Waals surface area contributed by atoms with Gasteiger partial charge in [-0.3, -0.25) is 0 Å². The second-order valence-electron chi connectivity index (χ2n) is 9.27. The third-order valence-corrected chi connectivity index (χ3v) is 10.4. The molecule has 0 bridgehead atoms. The molecule has 0 saturated carbocycles. The molecule has 0 atom stereocenters. The van der Waals surface area contributed by atoms with Crippen LogP contribution < -0.4 is 15.9 Å². The molecule has 0 amide bonds. The molecule has 7 aromatic rings. The standard InChI is InChI=1S/C34H23OP/c35-36(28-12-3-1-4-13-28,29-14-5-2-6-15-29)31-17-9-11-25-20-22-27-23-21-26-19-18-24-10-7-8-16-30(24)32(26)34(27)33(25)31/h1-23H. The van der Waals surface area contributed by atoms with Gasteiger partial charge in [-0.15, -0.1) is 0 Å². The minimum atomic E-state index is -3.16. The van der Waals surface area contributed by atoms with Crippen molar-refractivity contribution in [3.05, 3.63) is 140 Å². The lowest BCUT2D eigenvalue weighted by molar-refractivity contribution is 0.592. The SMILES string of the molecule is O=P(c1ccccc1)(c1ccccc1)c1cccc2ccc3ccc4ccc5ccccc5c4c3c12. The van der Waals surface area contributed by atoms with Crippen molar-refractivity contribution in [3.63, 3.8) is 0 Å². The fraction of sp³-hybridized carbons (Fsp3) is 0. The predicted octanol–water partition coefficient (Wildman–Crippen LogP) is 7.94. The summed E-state index contributed by atoms with van der Waals surface area (Å²) in [6, 6.07) is 47.9. The summed E-state index contributed by atoms with van der Waals surface area (Å²) in [5.74, 6) is 0. The molecule has 7 rings (SSSR count). The molecule has 2 heteroatoms. The molecule has 0 unspecified atom stereocenters. The average molecular weight is 479 g/mol. The van der Waals surface area contributed by atoms with E-state index in [4.69, 9.17) is 0 Å². The number of fused-ring (bicyclic) bond motifs is 7. The highest BCUT2D eigenvalue weighted by molar-refractivity contribution is 7.85. The van der Waals surface area contributed by atoms with E-state index in [0.29, 0.717) is 0 Å². The van der Waals surface area contributed by atoms with Crippen molar-refractivity contribution in [1.29, 1.82) is 0 Å². The summed E-state index contributed by atoms with van der Waals surface area (Å²) in [5.41, 5.74) is 0. The van der Waals surface area contributed by atoms with Gasteiger partial charge in [0, 0.05) is 21.3 Å². The Bertz CT molecular complexity index is 1900.